The van der Waals surface area contributed by atoms with Crippen molar-refractivity contribution >= 4 is 41.1 Å². The van der Waals surface area contributed by atoms with Crippen LogP contribution in [0.15, 0.2) is 83.9 Å². The molecular formula is C27H26N4O2. The molecule has 0 saturated carbocycles. The molecule has 0 atom stereocenters. The summed E-state index contributed by atoms with van der Waals surface area (Å²) < 4.78 is 0. The molecule has 0 radical (unpaired) electrons. The first-order chi connectivity index (χ1) is 15.9. The minimum absolute atomic E-state index is 0.0782. The van der Waals surface area contributed by atoms with E-state index in [-0.39, 0.29) is 5.84 Å². The molecule has 1 amide bonds. The standard InChI is InChI=1S/C27H26N4O2/c1-2-23(19-6-4-3-5-7-19)26(21-13-14-24(29)22(16-21)17-28)20-11-8-18(9-12-20)10-15-25(30)31-27(32)33/h3-17,28H,2,29H2,1H3,(H2,30,31)(H,32,33)/b15-10+,26-23+,28-17?. The van der Waals surface area contributed by atoms with Gasteiger partial charge in [0.1, 0.15) is 5.84 Å². The van der Waals surface area contributed by atoms with Gasteiger partial charge >= 0.3 is 6.09 Å². The van der Waals surface area contributed by atoms with Crippen molar-refractivity contribution in [3.05, 3.63) is 107 Å². The molecule has 3 aromatic rings. The quantitative estimate of drug-likeness (QED) is 0.164. The van der Waals surface area contributed by atoms with E-state index in [0.717, 1.165) is 34.2 Å². The number of nitrogen functional groups attached to an aromatic ring is 1. The van der Waals surface area contributed by atoms with Gasteiger partial charge in [-0.05, 0) is 58.0 Å². The van der Waals surface area contributed by atoms with Gasteiger partial charge in [-0.25, -0.2) is 4.79 Å². The van der Waals surface area contributed by atoms with Crippen LogP contribution in [0.4, 0.5) is 10.5 Å². The minimum atomic E-state index is -1.33. The van der Waals surface area contributed by atoms with E-state index in [1.807, 2.05) is 60.7 Å². The number of amidine groups is 1. The van der Waals surface area contributed by atoms with Crippen molar-refractivity contribution in [2.45, 2.75) is 13.3 Å². The average molecular weight is 439 g/mol. The van der Waals surface area contributed by atoms with E-state index in [0.29, 0.717) is 11.3 Å². The Morgan fingerprint density at radius 1 is 1.00 bits per heavy atom. The fourth-order valence-electron chi connectivity index (χ4n) is 3.63. The van der Waals surface area contributed by atoms with Gasteiger partial charge in [0.05, 0.1) is 0 Å². The molecule has 0 fully saturated rings. The Morgan fingerprint density at radius 3 is 2.27 bits per heavy atom. The maximum absolute atomic E-state index is 10.6. The summed E-state index contributed by atoms with van der Waals surface area (Å²) in [5.74, 6) is -0.0782. The average Bonchev–Trinajstić information content (AvgIpc) is 2.82. The number of allylic oxidation sites excluding steroid dienone is 1. The summed E-state index contributed by atoms with van der Waals surface area (Å²) in [6.45, 7) is 2.12. The lowest BCUT2D eigenvalue weighted by Crippen LogP contribution is -2.09. The first-order valence-corrected chi connectivity index (χ1v) is 10.5. The van der Waals surface area contributed by atoms with E-state index in [1.165, 1.54) is 17.9 Å². The van der Waals surface area contributed by atoms with Crippen LogP contribution in [0.2, 0.25) is 0 Å². The number of carboxylic acid groups (broad SMARTS) is 1. The number of nitrogens with two attached hydrogens (primary N) is 2. The number of nitrogens with zero attached hydrogens (tertiary/aromatic N) is 1. The number of aliphatic imine (C=N–C) groups is 1. The van der Waals surface area contributed by atoms with Crippen molar-refractivity contribution in [3.63, 3.8) is 0 Å². The van der Waals surface area contributed by atoms with E-state index in [1.54, 1.807) is 6.08 Å². The van der Waals surface area contributed by atoms with Crippen molar-refractivity contribution in [2.75, 3.05) is 5.73 Å². The van der Waals surface area contributed by atoms with Crippen molar-refractivity contribution in [2.24, 2.45) is 10.7 Å². The van der Waals surface area contributed by atoms with E-state index < -0.39 is 6.09 Å². The molecule has 0 unspecified atom stereocenters. The van der Waals surface area contributed by atoms with Gasteiger partial charge in [-0.3, -0.25) is 0 Å². The highest BCUT2D eigenvalue weighted by molar-refractivity contribution is 6.01. The summed E-state index contributed by atoms with van der Waals surface area (Å²) in [4.78, 5) is 13.9. The highest BCUT2D eigenvalue weighted by Gasteiger charge is 2.14. The molecule has 0 bridgehead atoms. The Balaban J connectivity index is 2.13. The minimum Gasteiger partial charge on any atom is -0.463 e. The smallest absolute Gasteiger partial charge is 0.433 e. The van der Waals surface area contributed by atoms with Crippen LogP contribution >= 0.6 is 0 Å². The lowest BCUT2D eigenvalue weighted by atomic mass is 9.87. The van der Waals surface area contributed by atoms with Gasteiger partial charge in [0.15, 0.2) is 0 Å². The Bertz CT molecular complexity index is 1240. The second kappa shape index (κ2) is 10.7. The summed E-state index contributed by atoms with van der Waals surface area (Å²) in [5.41, 5.74) is 19.1. The monoisotopic (exact) mass is 438 g/mol. The van der Waals surface area contributed by atoms with Gasteiger partial charge in [0, 0.05) is 17.5 Å². The molecule has 0 aliphatic carbocycles. The Kier molecular flexibility index (Phi) is 7.55. The third kappa shape index (κ3) is 5.83. The molecule has 6 heteroatoms. The third-order valence-electron chi connectivity index (χ3n) is 5.18. The number of hydrogen-bond acceptors (Lipinski definition) is 3. The summed E-state index contributed by atoms with van der Waals surface area (Å²) in [7, 11) is 0. The van der Waals surface area contributed by atoms with E-state index >= 15 is 0 Å². The summed E-state index contributed by atoms with van der Waals surface area (Å²) in [6.07, 6.45) is 3.92. The Labute approximate surface area is 193 Å². The van der Waals surface area contributed by atoms with Crippen LogP contribution < -0.4 is 11.5 Å². The number of hydrogen-bond donors (Lipinski definition) is 4. The molecule has 0 spiro atoms. The highest BCUT2D eigenvalue weighted by Crippen LogP contribution is 2.35. The van der Waals surface area contributed by atoms with Gasteiger partial charge in [0.25, 0.3) is 0 Å². The molecule has 0 saturated heterocycles. The van der Waals surface area contributed by atoms with Crippen LogP contribution in [-0.4, -0.2) is 23.2 Å². The molecule has 0 aromatic heterocycles. The first-order valence-electron chi connectivity index (χ1n) is 10.5. The van der Waals surface area contributed by atoms with E-state index in [2.05, 4.69) is 24.0 Å². The van der Waals surface area contributed by atoms with Gasteiger partial charge in [-0.15, -0.1) is 0 Å². The predicted octanol–water partition coefficient (Wildman–Crippen LogP) is 5.68. The number of anilines is 1. The number of amides is 1. The highest BCUT2D eigenvalue weighted by atomic mass is 16.4. The topological polar surface area (TPSA) is 126 Å². The second-order valence-electron chi connectivity index (χ2n) is 7.34. The fraction of sp³-hybridized carbons (Fsp3) is 0.0741. The molecule has 3 aromatic carbocycles. The fourth-order valence-corrected chi connectivity index (χ4v) is 3.63. The molecular weight excluding hydrogens is 412 g/mol. The lowest BCUT2D eigenvalue weighted by Gasteiger charge is -2.17. The van der Waals surface area contributed by atoms with Crippen molar-refractivity contribution in [1.29, 1.82) is 5.41 Å². The number of rotatable bonds is 7. The summed E-state index contributed by atoms with van der Waals surface area (Å²) in [5, 5.41) is 16.4. The zero-order chi connectivity index (χ0) is 23.8. The molecule has 3 rings (SSSR count). The van der Waals surface area contributed by atoms with E-state index in [4.69, 9.17) is 22.0 Å². The maximum Gasteiger partial charge on any atom is 0.433 e. The number of nitrogens with one attached hydrogen (secondary N) is 1. The van der Waals surface area contributed by atoms with Crippen LogP contribution in [0.3, 0.4) is 0 Å². The van der Waals surface area contributed by atoms with Crippen molar-refractivity contribution in [1.82, 2.24) is 0 Å². The van der Waals surface area contributed by atoms with Crippen molar-refractivity contribution in [3.8, 4) is 0 Å². The number of carbonyl (C=O) groups is 1. The SMILES string of the molecule is CC/C(=C(/c1ccc(/C=C/C(N)=N/C(=O)O)cc1)c1ccc(N)c(C=N)c1)c1ccccc1. The van der Waals surface area contributed by atoms with Crippen LogP contribution in [0.1, 0.15) is 41.2 Å². The zero-order valence-corrected chi connectivity index (χ0v) is 18.3. The van der Waals surface area contributed by atoms with Gasteiger partial charge in [-0.1, -0.05) is 73.7 Å². The zero-order valence-electron chi connectivity index (χ0n) is 18.3. The Hall–Kier alpha value is -4.45. The molecule has 0 heterocycles. The lowest BCUT2D eigenvalue weighted by molar-refractivity contribution is 0.205. The van der Waals surface area contributed by atoms with E-state index in [9.17, 15) is 4.79 Å². The normalized spacial score (nSPS) is 12.5. The van der Waals surface area contributed by atoms with Crippen LogP contribution in [-0.2, 0) is 0 Å². The Morgan fingerprint density at radius 2 is 1.67 bits per heavy atom. The predicted molar refractivity (Wildman–Crippen MR) is 137 cm³/mol. The van der Waals surface area contributed by atoms with Crippen LogP contribution in [0.5, 0.6) is 0 Å². The van der Waals surface area contributed by atoms with Gasteiger partial charge in [-0.2, -0.15) is 4.99 Å². The second-order valence-corrected chi connectivity index (χ2v) is 7.34. The molecule has 0 aliphatic heterocycles. The first kappa shape index (κ1) is 23.2. The molecule has 166 valence electrons. The molecule has 33 heavy (non-hydrogen) atoms. The maximum atomic E-state index is 10.6. The van der Waals surface area contributed by atoms with Crippen LogP contribution in [0, 0.1) is 5.41 Å². The van der Waals surface area contributed by atoms with Crippen molar-refractivity contribution < 1.29 is 9.90 Å². The summed E-state index contributed by atoms with van der Waals surface area (Å²) in [6, 6.07) is 23.9. The van der Waals surface area contributed by atoms with Crippen LogP contribution in [0.25, 0.3) is 17.2 Å². The molecule has 6 N–H and O–H groups in total. The molecule has 0 aliphatic rings. The van der Waals surface area contributed by atoms with Gasteiger partial charge < -0.3 is 22.0 Å². The van der Waals surface area contributed by atoms with Gasteiger partial charge in [0.2, 0.25) is 0 Å². The molecule has 6 nitrogen and oxygen atoms in total. The summed E-state index contributed by atoms with van der Waals surface area (Å²) >= 11 is 0. The number of benzene rings is 3. The third-order valence-corrected chi connectivity index (χ3v) is 5.18. The largest absolute Gasteiger partial charge is 0.463 e.